The molecule has 6 rings (SSSR count). The number of halogens is 4. The minimum absolute atomic E-state index is 0.0506. The van der Waals surface area contributed by atoms with Crippen molar-refractivity contribution in [2.24, 2.45) is 0 Å². The molecular formula is C28H25F4N7O3. The Morgan fingerprint density at radius 1 is 1.14 bits per heavy atom. The fourth-order valence-electron chi connectivity index (χ4n) is 5.79. The van der Waals surface area contributed by atoms with E-state index >= 15 is 4.39 Å². The van der Waals surface area contributed by atoms with Gasteiger partial charge >= 0.3 is 6.18 Å². The molecule has 1 aromatic carbocycles. The summed E-state index contributed by atoms with van der Waals surface area (Å²) < 4.78 is 62.3. The number of fused-ring (bicyclic) bond motifs is 2. The molecule has 0 aliphatic carbocycles. The molecule has 2 atom stereocenters. The molecule has 2 amide bonds. The maximum Gasteiger partial charge on any atom is 0.416 e. The molecule has 0 saturated carbocycles. The largest absolute Gasteiger partial charge is 0.496 e. The van der Waals surface area contributed by atoms with Crippen molar-refractivity contribution in [3.8, 4) is 17.0 Å². The molecule has 5 heterocycles. The summed E-state index contributed by atoms with van der Waals surface area (Å²) in [4.78, 5) is 39.9. The van der Waals surface area contributed by atoms with Crippen LogP contribution >= 0.6 is 0 Å². The van der Waals surface area contributed by atoms with E-state index in [1.807, 2.05) is 4.90 Å². The van der Waals surface area contributed by atoms with Crippen molar-refractivity contribution in [2.45, 2.75) is 43.8 Å². The van der Waals surface area contributed by atoms with Crippen molar-refractivity contribution in [3.63, 3.8) is 0 Å². The summed E-state index contributed by atoms with van der Waals surface area (Å²) >= 11 is 0. The lowest BCUT2D eigenvalue weighted by Crippen LogP contribution is -2.41. The third-order valence-electron chi connectivity index (χ3n) is 7.80. The fraction of sp³-hybridized carbons (Fsp3) is 0.321. The van der Waals surface area contributed by atoms with E-state index < -0.39 is 23.5 Å². The fourth-order valence-corrected chi connectivity index (χ4v) is 5.79. The van der Waals surface area contributed by atoms with Gasteiger partial charge in [-0.25, -0.2) is 19.3 Å². The van der Waals surface area contributed by atoms with E-state index in [0.717, 1.165) is 37.6 Å². The standard InChI is InChI=1S/C28H25F4N7O3/c1-42-19-11-15(27(41)36-20-12-16(6-7-34-20)28(30,31)32)10-18(29)22(19)23-24-25(33)35-8-9-38(24)26(37-23)14-2-3-17-4-5-21(40)39(17)13-14/h6-12,14,17H,2-5,13H2,1H3,(H2,33,35)(H,34,36,41)/t14-,17+/m1/s1. The Hall–Kier alpha value is -4.75. The number of piperidine rings is 1. The highest BCUT2D eigenvalue weighted by molar-refractivity contribution is 6.05. The smallest absolute Gasteiger partial charge is 0.416 e. The number of nitrogens with zero attached hydrogens (tertiary/aromatic N) is 5. The van der Waals surface area contributed by atoms with E-state index in [4.69, 9.17) is 15.5 Å². The SMILES string of the molecule is COc1cc(C(=O)Nc2cc(C(F)(F)F)ccn2)cc(F)c1-c1nc([C@@H]2CC[C@H]3CCC(=O)N3C2)n2ccnc(N)c12. The van der Waals surface area contributed by atoms with Crippen LogP contribution in [0.4, 0.5) is 29.2 Å². The average molecular weight is 584 g/mol. The van der Waals surface area contributed by atoms with Crippen LogP contribution < -0.4 is 15.8 Å². The Kier molecular flexibility index (Phi) is 6.70. The number of carbonyl (C=O) groups is 2. The number of anilines is 2. The number of nitrogen functional groups attached to an aromatic ring is 1. The van der Waals surface area contributed by atoms with Gasteiger partial charge in [0.2, 0.25) is 5.91 Å². The Morgan fingerprint density at radius 3 is 2.71 bits per heavy atom. The highest BCUT2D eigenvalue weighted by atomic mass is 19.4. The van der Waals surface area contributed by atoms with E-state index in [-0.39, 0.29) is 52.1 Å². The number of methoxy groups -OCH3 is 1. The van der Waals surface area contributed by atoms with Crippen LogP contribution in [0.2, 0.25) is 0 Å². The van der Waals surface area contributed by atoms with Gasteiger partial charge in [0.1, 0.15) is 40.2 Å². The third-order valence-corrected chi connectivity index (χ3v) is 7.80. The van der Waals surface area contributed by atoms with Gasteiger partial charge in [-0.15, -0.1) is 0 Å². The van der Waals surface area contributed by atoms with Crippen molar-refractivity contribution in [1.82, 2.24) is 24.3 Å². The second-order valence-electron chi connectivity index (χ2n) is 10.3. The molecule has 2 aliphatic rings. The van der Waals surface area contributed by atoms with Crippen LogP contribution in [-0.2, 0) is 11.0 Å². The number of carbonyl (C=O) groups excluding carboxylic acids is 2. The minimum Gasteiger partial charge on any atom is -0.496 e. The number of nitrogens with two attached hydrogens (primary N) is 1. The molecule has 0 bridgehead atoms. The molecule has 2 fully saturated rings. The van der Waals surface area contributed by atoms with Crippen molar-refractivity contribution < 1.29 is 31.9 Å². The molecule has 3 N–H and O–H groups in total. The molecule has 2 aliphatic heterocycles. The minimum atomic E-state index is -4.63. The van der Waals surface area contributed by atoms with Gasteiger partial charge in [0, 0.05) is 49.1 Å². The summed E-state index contributed by atoms with van der Waals surface area (Å²) in [6.07, 6.45) is 2.41. The first kappa shape index (κ1) is 27.4. The Morgan fingerprint density at radius 2 is 1.95 bits per heavy atom. The van der Waals surface area contributed by atoms with Crippen LogP contribution in [0, 0.1) is 5.82 Å². The van der Waals surface area contributed by atoms with E-state index in [1.165, 1.54) is 19.4 Å². The number of benzene rings is 1. The van der Waals surface area contributed by atoms with Gasteiger partial charge in [0.05, 0.1) is 18.2 Å². The summed E-state index contributed by atoms with van der Waals surface area (Å²) in [5, 5.41) is 2.26. The molecule has 0 spiro atoms. The summed E-state index contributed by atoms with van der Waals surface area (Å²) in [6.45, 7) is 0.479. The van der Waals surface area contributed by atoms with Crippen LogP contribution in [0.15, 0.2) is 42.9 Å². The number of imidazole rings is 1. The van der Waals surface area contributed by atoms with Gasteiger partial charge in [-0.2, -0.15) is 13.2 Å². The van der Waals surface area contributed by atoms with Gasteiger partial charge in [0.15, 0.2) is 0 Å². The molecule has 14 heteroatoms. The predicted molar refractivity (Wildman–Crippen MR) is 143 cm³/mol. The first-order valence-electron chi connectivity index (χ1n) is 13.2. The maximum absolute atomic E-state index is 15.9. The third kappa shape index (κ3) is 4.76. The molecule has 218 valence electrons. The highest BCUT2D eigenvalue weighted by Gasteiger charge is 2.39. The molecule has 42 heavy (non-hydrogen) atoms. The molecule has 3 aromatic heterocycles. The lowest BCUT2D eigenvalue weighted by Gasteiger charge is -2.34. The van der Waals surface area contributed by atoms with Crippen LogP contribution in [0.1, 0.15) is 53.3 Å². The number of ether oxygens (including phenoxy) is 1. The molecule has 0 unspecified atom stereocenters. The lowest BCUT2D eigenvalue weighted by atomic mass is 9.92. The number of aromatic nitrogens is 4. The molecule has 10 nitrogen and oxygen atoms in total. The Labute approximate surface area is 236 Å². The molecular weight excluding hydrogens is 558 g/mol. The lowest BCUT2D eigenvalue weighted by molar-refractivity contribution is -0.137. The number of rotatable bonds is 5. The second kappa shape index (κ2) is 10.3. The zero-order valence-corrected chi connectivity index (χ0v) is 22.3. The van der Waals surface area contributed by atoms with Gasteiger partial charge in [-0.05, 0) is 43.5 Å². The van der Waals surface area contributed by atoms with Crippen molar-refractivity contribution >= 4 is 29.0 Å². The first-order chi connectivity index (χ1) is 20.0. The summed E-state index contributed by atoms with van der Waals surface area (Å²) in [7, 11) is 1.29. The summed E-state index contributed by atoms with van der Waals surface area (Å²) in [6, 6.07) is 3.86. The normalized spacial score (nSPS) is 18.8. The number of amides is 2. The molecule has 0 radical (unpaired) electrons. The zero-order chi connectivity index (χ0) is 29.8. The maximum atomic E-state index is 15.9. The van der Waals surface area contributed by atoms with Crippen LogP contribution in [0.5, 0.6) is 5.75 Å². The van der Waals surface area contributed by atoms with Crippen molar-refractivity contribution in [3.05, 3.63) is 65.6 Å². The number of nitrogens with one attached hydrogen (secondary N) is 1. The van der Waals surface area contributed by atoms with Gasteiger partial charge in [0.25, 0.3) is 5.91 Å². The summed E-state index contributed by atoms with van der Waals surface area (Å²) in [5.41, 5.74) is 5.44. The van der Waals surface area contributed by atoms with E-state index in [1.54, 1.807) is 10.6 Å². The first-order valence-corrected chi connectivity index (χ1v) is 13.2. The molecule has 2 saturated heterocycles. The van der Waals surface area contributed by atoms with Crippen LogP contribution in [0.25, 0.3) is 16.8 Å². The monoisotopic (exact) mass is 583 g/mol. The number of hydrogen-bond donors (Lipinski definition) is 2. The van der Waals surface area contributed by atoms with Crippen LogP contribution in [-0.4, -0.2) is 55.8 Å². The van der Waals surface area contributed by atoms with E-state index in [9.17, 15) is 22.8 Å². The van der Waals surface area contributed by atoms with Gasteiger partial charge in [-0.3, -0.25) is 14.0 Å². The van der Waals surface area contributed by atoms with E-state index in [0.29, 0.717) is 30.4 Å². The van der Waals surface area contributed by atoms with Crippen LogP contribution in [0.3, 0.4) is 0 Å². The highest BCUT2D eigenvalue weighted by Crippen LogP contribution is 2.41. The topological polar surface area (TPSA) is 128 Å². The zero-order valence-electron chi connectivity index (χ0n) is 22.3. The van der Waals surface area contributed by atoms with Gasteiger partial charge in [-0.1, -0.05) is 0 Å². The number of hydrogen-bond acceptors (Lipinski definition) is 7. The Bertz CT molecular complexity index is 1720. The number of alkyl halides is 3. The number of pyridine rings is 1. The predicted octanol–water partition coefficient (Wildman–Crippen LogP) is 4.66. The Balaban J connectivity index is 1.38. The van der Waals surface area contributed by atoms with Gasteiger partial charge < -0.3 is 20.7 Å². The molecule has 4 aromatic rings. The average Bonchev–Trinajstić information content (AvgIpc) is 3.53. The van der Waals surface area contributed by atoms with Crippen molar-refractivity contribution in [2.75, 3.05) is 24.7 Å². The van der Waals surface area contributed by atoms with Crippen molar-refractivity contribution in [1.29, 1.82) is 0 Å². The quantitative estimate of drug-likeness (QED) is 0.327. The van der Waals surface area contributed by atoms with E-state index in [2.05, 4.69) is 15.3 Å². The second-order valence-corrected chi connectivity index (χ2v) is 10.3. The summed E-state index contributed by atoms with van der Waals surface area (Å²) in [5.74, 6) is -1.51.